The molecule has 1 spiro atoms. The molecule has 5 rings (SSSR count). The van der Waals surface area contributed by atoms with Gasteiger partial charge in [-0.05, 0) is 49.7 Å². The number of amides is 1. The van der Waals surface area contributed by atoms with Gasteiger partial charge in [0.15, 0.2) is 0 Å². The number of rotatable bonds is 5. The van der Waals surface area contributed by atoms with E-state index in [1.54, 1.807) is 11.3 Å². The van der Waals surface area contributed by atoms with Crippen molar-refractivity contribution in [2.24, 2.45) is 0 Å². The number of hydrogen-bond donors (Lipinski definition) is 1. The molecule has 2 saturated heterocycles. The molecule has 2 aromatic rings. The Kier molecular flexibility index (Phi) is 5.58. The zero-order valence-electron chi connectivity index (χ0n) is 17.1. The summed E-state index contributed by atoms with van der Waals surface area (Å²) in [5.74, 6) is 0.419. The first kappa shape index (κ1) is 19.8. The molecule has 0 bridgehead atoms. The van der Waals surface area contributed by atoms with Crippen molar-refractivity contribution in [2.75, 3.05) is 32.7 Å². The van der Waals surface area contributed by atoms with Crippen LogP contribution >= 0.6 is 23.1 Å². The number of thiophene rings is 1. The monoisotopic (exact) mass is 430 g/mol. The highest BCUT2D eigenvalue weighted by Gasteiger charge is 2.51. The molecule has 3 aliphatic rings. The number of nitrogens with zero attached hydrogens (tertiary/aromatic N) is 3. The Hall–Kier alpha value is -1.15. The third-order valence-corrected chi connectivity index (χ3v) is 9.33. The fraction of sp³-hybridized carbons (Fsp3) is 0.636. The lowest BCUT2D eigenvalue weighted by Gasteiger charge is -2.34. The minimum atomic E-state index is -0.0758. The minimum absolute atomic E-state index is 0.0758. The van der Waals surface area contributed by atoms with Gasteiger partial charge >= 0.3 is 0 Å². The molecule has 0 aromatic carbocycles. The zero-order chi connectivity index (χ0) is 19.8. The lowest BCUT2D eigenvalue weighted by Crippen LogP contribution is -2.46. The summed E-state index contributed by atoms with van der Waals surface area (Å²) < 4.78 is -0.0758. The fourth-order valence-electron chi connectivity index (χ4n) is 5.27. The van der Waals surface area contributed by atoms with E-state index in [0.717, 1.165) is 56.8 Å². The van der Waals surface area contributed by atoms with Crippen molar-refractivity contribution >= 4 is 39.2 Å². The summed E-state index contributed by atoms with van der Waals surface area (Å²) in [5, 5.41) is 7.58. The third kappa shape index (κ3) is 3.71. The summed E-state index contributed by atoms with van der Waals surface area (Å²) in [7, 11) is 0. The lowest BCUT2D eigenvalue weighted by molar-refractivity contribution is -0.132. The maximum absolute atomic E-state index is 13.0. The molecule has 1 aliphatic carbocycles. The largest absolute Gasteiger partial charge is 0.330 e. The predicted octanol–water partition coefficient (Wildman–Crippen LogP) is 3.87. The standard InChI is InChI=1S/C22H30N4OS2/c1-16-26(21(27)22(29-16)7-2-3-8-22)12-5-11-25-13-10-23-19(14-25)18-15-28-20-17(18)6-4-9-24-20/h4,6,9,15-16,19,23H,2-3,5,7-8,10-14H2,1H3. The molecule has 0 radical (unpaired) electrons. The molecular weight excluding hydrogens is 400 g/mol. The molecular formula is C22H30N4OS2. The van der Waals surface area contributed by atoms with Crippen molar-refractivity contribution in [3.8, 4) is 0 Å². The summed E-state index contributed by atoms with van der Waals surface area (Å²) >= 11 is 3.66. The van der Waals surface area contributed by atoms with Crippen LogP contribution in [0.15, 0.2) is 23.7 Å². The minimum Gasteiger partial charge on any atom is -0.330 e. The topological polar surface area (TPSA) is 48.5 Å². The number of carbonyl (C=O) groups excluding carboxylic acids is 1. The number of fused-ring (bicyclic) bond motifs is 1. The first-order valence-corrected chi connectivity index (χ1v) is 12.7. The first-order chi connectivity index (χ1) is 14.2. The average Bonchev–Trinajstić information content (AvgIpc) is 3.43. The van der Waals surface area contributed by atoms with Crippen LogP contribution in [-0.4, -0.2) is 63.5 Å². The molecule has 2 unspecified atom stereocenters. The van der Waals surface area contributed by atoms with Crippen LogP contribution in [0.25, 0.3) is 10.2 Å². The van der Waals surface area contributed by atoms with Crippen LogP contribution in [0.3, 0.4) is 0 Å². The molecule has 1 saturated carbocycles. The van der Waals surface area contributed by atoms with Gasteiger partial charge in [-0.25, -0.2) is 4.98 Å². The number of carbonyl (C=O) groups is 1. The van der Waals surface area contributed by atoms with Crippen LogP contribution in [-0.2, 0) is 4.79 Å². The molecule has 156 valence electrons. The summed E-state index contributed by atoms with van der Waals surface area (Å²) in [6.07, 6.45) is 7.53. The summed E-state index contributed by atoms with van der Waals surface area (Å²) in [6.45, 7) is 7.30. The van der Waals surface area contributed by atoms with Crippen molar-refractivity contribution in [3.63, 3.8) is 0 Å². The number of piperazine rings is 1. The van der Waals surface area contributed by atoms with Gasteiger partial charge in [0, 0.05) is 43.8 Å². The van der Waals surface area contributed by atoms with E-state index in [1.165, 1.54) is 23.8 Å². The number of pyridine rings is 1. The molecule has 3 fully saturated rings. The van der Waals surface area contributed by atoms with Gasteiger partial charge in [-0.2, -0.15) is 0 Å². The van der Waals surface area contributed by atoms with Crippen LogP contribution in [0.4, 0.5) is 0 Å². The Morgan fingerprint density at radius 2 is 2.17 bits per heavy atom. The van der Waals surface area contributed by atoms with Crippen molar-refractivity contribution < 1.29 is 4.79 Å². The molecule has 2 aliphatic heterocycles. The Bertz CT molecular complexity index is 879. The van der Waals surface area contributed by atoms with Gasteiger partial charge in [0.2, 0.25) is 5.91 Å². The third-order valence-electron chi connectivity index (χ3n) is 6.78. The summed E-state index contributed by atoms with van der Waals surface area (Å²) in [5.41, 5.74) is 1.38. The van der Waals surface area contributed by atoms with Crippen LogP contribution in [0.5, 0.6) is 0 Å². The Balaban J connectivity index is 1.17. The van der Waals surface area contributed by atoms with E-state index >= 15 is 0 Å². The average molecular weight is 431 g/mol. The second-order valence-corrected chi connectivity index (χ2v) is 11.2. The molecule has 5 nitrogen and oxygen atoms in total. The van der Waals surface area contributed by atoms with E-state index in [4.69, 9.17) is 0 Å². The van der Waals surface area contributed by atoms with Gasteiger partial charge < -0.3 is 15.1 Å². The van der Waals surface area contributed by atoms with Gasteiger partial charge in [0.05, 0.1) is 10.1 Å². The van der Waals surface area contributed by atoms with E-state index in [0.29, 0.717) is 17.3 Å². The number of thioether (sulfide) groups is 1. The highest BCUT2D eigenvalue weighted by Crippen LogP contribution is 2.50. The SMILES string of the molecule is CC1SC2(CCCC2)C(=O)N1CCCN1CCNC(c2csc3ncccc23)C1. The second-order valence-electron chi connectivity index (χ2n) is 8.63. The molecule has 7 heteroatoms. The Morgan fingerprint density at radius 3 is 3.03 bits per heavy atom. The highest BCUT2D eigenvalue weighted by molar-refractivity contribution is 8.02. The molecule has 2 aromatic heterocycles. The van der Waals surface area contributed by atoms with E-state index in [2.05, 4.69) is 38.5 Å². The second kappa shape index (κ2) is 8.17. The fourth-order valence-corrected chi connectivity index (χ4v) is 7.96. The van der Waals surface area contributed by atoms with Gasteiger partial charge in [0.1, 0.15) is 4.83 Å². The molecule has 1 N–H and O–H groups in total. The van der Waals surface area contributed by atoms with Crippen LogP contribution in [0.2, 0.25) is 0 Å². The van der Waals surface area contributed by atoms with Crippen LogP contribution in [0, 0.1) is 0 Å². The molecule has 29 heavy (non-hydrogen) atoms. The van der Waals surface area contributed by atoms with Gasteiger partial charge in [-0.3, -0.25) is 4.79 Å². The number of hydrogen-bond acceptors (Lipinski definition) is 6. The van der Waals surface area contributed by atoms with Crippen molar-refractivity contribution in [2.45, 2.75) is 55.2 Å². The summed E-state index contributed by atoms with van der Waals surface area (Å²) in [6, 6.07) is 4.58. The van der Waals surface area contributed by atoms with Crippen LogP contribution in [0.1, 0.15) is 50.6 Å². The first-order valence-electron chi connectivity index (χ1n) is 10.9. The molecule has 1 amide bonds. The van der Waals surface area contributed by atoms with Gasteiger partial charge in [-0.1, -0.05) is 18.9 Å². The predicted molar refractivity (Wildman–Crippen MR) is 121 cm³/mol. The summed E-state index contributed by atoms with van der Waals surface area (Å²) in [4.78, 5) is 23.4. The van der Waals surface area contributed by atoms with Crippen molar-refractivity contribution in [1.29, 1.82) is 0 Å². The van der Waals surface area contributed by atoms with Gasteiger partial charge in [-0.15, -0.1) is 23.1 Å². The van der Waals surface area contributed by atoms with Crippen LogP contribution < -0.4 is 5.32 Å². The zero-order valence-corrected chi connectivity index (χ0v) is 18.7. The lowest BCUT2D eigenvalue weighted by atomic mass is 10.0. The Labute approximate surface area is 181 Å². The van der Waals surface area contributed by atoms with E-state index in [-0.39, 0.29) is 4.75 Å². The van der Waals surface area contributed by atoms with E-state index < -0.39 is 0 Å². The highest BCUT2D eigenvalue weighted by atomic mass is 32.2. The maximum atomic E-state index is 13.0. The molecule has 2 atom stereocenters. The number of aromatic nitrogens is 1. The maximum Gasteiger partial charge on any atom is 0.239 e. The van der Waals surface area contributed by atoms with Gasteiger partial charge in [0.25, 0.3) is 0 Å². The quantitative estimate of drug-likeness (QED) is 0.780. The number of nitrogens with one attached hydrogen (secondary N) is 1. The smallest absolute Gasteiger partial charge is 0.239 e. The van der Waals surface area contributed by atoms with Crippen molar-refractivity contribution in [3.05, 3.63) is 29.3 Å². The molecule has 4 heterocycles. The van der Waals surface area contributed by atoms with E-state index in [9.17, 15) is 4.79 Å². The Morgan fingerprint density at radius 1 is 1.31 bits per heavy atom. The van der Waals surface area contributed by atoms with E-state index in [1.807, 2.05) is 24.0 Å². The van der Waals surface area contributed by atoms with Crippen molar-refractivity contribution in [1.82, 2.24) is 20.1 Å². The normalized spacial score (nSPS) is 27.5.